The molecule has 2 saturated carbocycles. The van der Waals surface area contributed by atoms with Crippen molar-refractivity contribution in [3.8, 4) is 0 Å². The summed E-state index contributed by atoms with van der Waals surface area (Å²) in [5.41, 5.74) is 0.485. The van der Waals surface area contributed by atoms with Gasteiger partial charge >= 0.3 is 5.97 Å². The molecule has 0 radical (unpaired) electrons. The van der Waals surface area contributed by atoms with E-state index in [1.807, 2.05) is 0 Å². The first-order valence-corrected chi connectivity index (χ1v) is 8.69. The topological polar surface area (TPSA) is 35.5 Å². The molecule has 2 aliphatic carbocycles. The average molecular weight is 296 g/mol. The first kappa shape index (κ1) is 16.8. The molecule has 0 heterocycles. The summed E-state index contributed by atoms with van der Waals surface area (Å²) in [4.78, 5) is 11.8. The van der Waals surface area contributed by atoms with Crippen LogP contribution < -0.4 is 0 Å². The third kappa shape index (κ3) is 5.61. The molecule has 0 aliphatic heterocycles. The summed E-state index contributed by atoms with van der Waals surface area (Å²) in [7, 11) is 0. The molecule has 0 aromatic carbocycles. The molecule has 0 bridgehead atoms. The van der Waals surface area contributed by atoms with E-state index in [4.69, 9.17) is 9.47 Å². The maximum Gasteiger partial charge on any atom is 0.311 e. The van der Waals surface area contributed by atoms with E-state index in [2.05, 4.69) is 27.7 Å². The summed E-state index contributed by atoms with van der Waals surface area (Å²) < 4.78 is 11.4. The molecule has 2 atom stereocenters. The largest absolute Gasteiger partial charge is 0.435 e. The van der Waals surface area contributed by atoms with Gasteiger partial charge < -0.3 is 9.47 Å². The van der Waals surface area contributed by atoms with Gasteiger partial charge in [-0.05, 0) is 43.4 Å². The molecule has 2 aliphatic rings. The van der Waals surface area contributed by atoms with Crippen molar-refractivity contribution in [3.05, 3.63) is 0 Å². The second kappa shape index (κ2) is 7.13. The second-order valence-corrected chi connectivity index (χ2v) is 8.11. The molecule has 0 spiro atoms. The standard InChI is InChI=1S/C18H32O3/c1-13(2)17(21-16(19)15-7-8-15)20-11-9-14-6-5-10-18(3,4)12-14/h13-15,17H,5-12H2,1-4H3. The van der Waals surface area contributed by atoms with Crippen LogP contribution in [0.5, 0.6) is 0 Å². The summed E-state index contributed by atoms with van der Waals surface area (Å²) >= 11 is 0. The molecule has 0 amide bonds. The Bertz CT molecular complexity index is 344. The van der Waals surface area contributed by atoms with Gasteiger partial charge in [-0.15, -0.1) is 0 Å². The molecule has 21 heavy (non-hydrogen) atoms. The van der Waals surface area contributed by atoms with Gasteiger partial charge in [0, 0.05) is 5.92 Å². The van der Waals surface area contributed by atoms with Gasteiger partial charge in [0.1, 0.15) is 0 Å². The monoisotopic (exact) mass is 296 g/mol. The van der Waals surface area contributed by atoms with E-state index in [0.29, 0.717) is 12.0 Å². The quantitative estimate of drug-likeness (QED) is 0.511. The molecule has 2 fully saturated rings. The van der Waals surface area contributed by atoms with Crippen molar-refractivity contribution in [1.82, 2.24) is 0 Å². The Kier molecular flexibility index (Phi) is 5.70. The number of esters is 1. The highest BCUT2D eigenvalue weighted by Crippen LogP contribution is 2.39. The summed E-state index contributed by atoms with van der Waals surface area (Å²) in [6, 6.07) is 0. The van der Waals surface area contributed by atoms with Crippen molar-refractivity contribution in [3.63, 3.8) is 0 Å². The number of hydrogen-bond donors (Lipinski definition) is 0. The maximum absolute atomic E-state index is 11.8. The van der Waals surface area contributed by atoms with Crippen molar-refractivity contribution < 1.29 is 14.3 Å². The van der Waals surface area contributed by atoms with Crippen LogP contribution in [-0.2, 0) is 14.3 Å². The molecule has 0 aromatic rings. The molecule has 3 nitrogen and oxygen atoms in total. The fraction of sp³-hybridized carbons (Fsp3) is 0.944. The minimum Gasteiger partial charge on any atom is -0.435 e. The molecule has 122 valence electrons. The Labute approximate surface area is 129 Å². The number of rotatable bonds is 7. The van der Waals surface area contributed by atoms with Crippen molar-refractivity contribution in [1.29, 1.82) is 0 Å². The Morgan fingerprint density at radius 1 is 1.24 bits per heavy atom. The lowest BCUT2D eigenvalue weighted by atomic mass is 9.71. The van der Waals surface area contributed by atoms with E-state index in [-0.39, 0.29) is 24.1 Å². The van der Waals surface area contributed by atoms with Crippen LogP contribution in [0.25, 0.3) is 0 Å². The van der Waals surface area contributed by atoms with Gasteiger partial charge in [-0.1, -0.05) is 40.5 Å². The van der Waals surface area contributed by atoms with Crippen LogP contribution >= 0.6 is 0 Å². The summed E-state index contributed by atoms with van der Waals surface area (Å²) in [5, 5.41) is 0. The zero-order valence-corrected chi connectivity index (χ0v) is 14.2. The molecule has 0 N–H and O–H groups in total. The van der Waals surface area contributed by atoms with Gasteiger partial charge in [0.15, 0.2) is 0 Å². The molecular weight excluding hydrogens is 264 g/mol. The Balaban J connectivity index is 1.70. The number of hydrogen-bond acceptors (Lipinski definition) is 3. The van der Waals surface area contributed by atoms with E-state index in [1.165, 1.54) is 25.7 Å². The van der Waals surface area contributed by atoms with Crippen LogP contribution in [0.2, 0.25) is 0 Å². The molecule has 2 unspecified atom stereocenters. The Morgan fingerprint density at radius 2 is 1.95 bits per heavy atom. The fourth-order valence-corrected chi connectivity index (χ4v) is 3.34. The molecular formula is C18H32O3. The Morgan fingerprint density at radius 3 is 2.52 bits per heavy atom. The van der Waals surface area contributed by atoms with Crippen LogP contribution in [0.15, 0.2) is 0 Å². The maximum atomic E-state index is 11.8. The number of carbonyl (C=O) groups excluding carboxylic acids is 1. The molecule has 2 rings (SSSR count). The van der Waals surface area contributed by atoms with Gasteiger partial charge in [0.05, 0.1) is 12.5 Å². The Hall–Kier alpha value is -0.570. The number of ether oxygens (including phenoxy) is 2. The van der Waals surface area contributed by atoms with Gasteiger partial charge in [-0.25, -0.2) is 0 Å². The van der Waals surface area contributed by atoms with Crippen molar-refractivity contribution in [2.75, 3.05) is 6.61 Å². The molecule has 0 aromatic heterocycles. The van der Waals surface area contributed by atoms with E-state index < -0.39 is 0 Å². The van der Waals surface area contributed by atoms with Crippen LogP contribution in [0.1, 0.15) is 72.6 Å². The highest BCUT2D eigenvalue weighted by atomic mass is 16.7. The third-order valence-corrected chi connectivity index (χ3v) is 4.80. The second-order valence-electron chi connectivity index (χ2n) is 8.11. The summed E-state index contributed by atoms with van der Waals surface area (Å²) in [5.74, 6) is 1.07. The highest BCUT2D eigenvalue weighted by molar-refractivity contribution is 5.75. The lowest BCUT2D eigenvalue weighted by molar-refractivity contribution is -0.191. The first-order valence-electron chi connectivity index (χ1n) is 8.69. The summed E-state index contributed by atoms with van der Waals surface area (Å²) in [6.45, 7) is 9.55. The van der Waals surface area contributed by atoms with Crippen LogP contribution in [0, 0.1) is 23.2 Å². The lowest BCUT2D eigenvalue weighted by Gasteiger charge is -2.35. The van der Waals surface area contributed by atoms with E-state index in [0.717, 1.165) is 25.2 Å². The fourth-order valence-electron chi connectivity index (χ4n) is 3.34. The van der Waals surface area contributed by atoms with Gasteiger partial charge in [0.25, 0.3) is 0 Å². The summed E-state index contributed by atoms with van der Waals surface area (Å²) in [6.07, 6.45) is 8.00. The normalized spacial score (nSPS) is 26.6. The van der Waals surface area contributed by atoms with Crippen LogP contribution in [-0.4, -0.2) is 18.9 Å². The minimum absolute atomic E-state index is 0.0625. The predicted octanol–water partition coefficient (Wildman–Crippen LogP) is 4.54. The van der Waals surface area contributed by atoms with E-state index in [1.54, 1.807) is 0 Å². The van der Waals surface area contributed by atoms with Gasteiger partial charge in [-0.3, -0.25) is 4.79 Å². The molecule has 3 heteroatoms. The zero-order valence-electron chi connectivity index (χ0n) is 14.2. The zero-order chi connectivity index (χ0) is 15.5. The SMILES string of the molecule is CC(C)C(OCCC1CCCC(C)(C)C1)OC(=O)C1CC1. The van der Waals surface area contributed by atoms with Gasteiger partial charge in [-0.2, -0.15) is 0 Å². The lowest BCUT2D eigenvalue weighted by Crippen LogP contribution is -2.29. The van der Waals surface area contributed by atoms with E-state index >= 15 is 0 Å². The predicted molar refractivity (Wildman–Crippen MR) is 83.8 cm³/mol. The first-order chi connectivity index (χ1) is 9.87. The number of carbonyl (C=O) groups is 1. The average Bonchev–Trinajstić information content (AvgIpc) is 3.20. The van der Waals surface area contributed by atoms with Crippen LogP contribution in [0.3, 0.4) is 0 Å². The smallest absolute Gasteiger partial charge is 0.311 e. The van der Waals surface area contributed by atoms with Crippen molar-refractivity contribution in [2.45, 2.75) is 78.9 Å². The van der Waals surface area contributed by atoms with Crippen molar-refractivity contribution in [2.24, 2.45) is 23.2 Å². The molecule has 0 saturated heterocycles. The van der Waals surface area contributed by atoms with Gasteiger partial charge in [0.2, 0.25) is 6.29 Å². The van der Waals surface area contributed by atoms with Crippen LogP contribution in [0.4, 0.5) is 0 Å². The minimum atomic E-state index is -0.366. The van der Waals surface area contributed by atoms with Crippen molar-refractivity contribution >= 4 is 5.97 Å². The highest BCUT2D eigenvalue weighted by Gasteiger charge is 2.34. The third-order valence-electron chi connectivity index (χ3n) is 4.80. The van der Waals surface area contributed by atoms with E-state index in [9.17, 15) is 4.79 Å².